The van der Waals surface area contributed by atoms with Gasteiger partial charge in [0.1, 0.15) is 0 Å². The van der Waals surface area contributed by atoms with Crippen molar-refractivity contribution in [1.29, 1.82) is 0 Å². The first-order valence-electron chi connectivity index (χ1n) is 4.99. The minimum absolute atomic E-state index is 0.733. The quantitative estimate of drug-likeness (QED) is 0.617. The molecule has 3 rings (SSSR count). The zero-order chi connectivity index (χ0) is 8.84. The number of hydrogen-bond donors (Lipinski definition) is 0. The Morgan fingerprint density at radius 3 is 3.23 bits per heavy atom. The molecule has 0 spiro atoms. The van der Waals surface area contributed by atoms with Gasteiger partial charge in [0.05, 0.1) is 0 Å². The Bertz CT molecular complexity index is 348. The van der Waals surface area contributed by atoms with E-state index in [4.69, 9.17) is 11.6 Å². The molecule has 1 heterocycles. The van der Waals surface area contributed by atoms with Crippen LogP contribution in [0.4, 0.5) is 0 Å². The minimum Gasteiger partial charge on any atom is -0.261 e. The molecule has 2 heteroatoms. The maximum atomic E-state index is 6.20. The summed E-state index contributed by atoms with van der Waals surface area (Å²) in [6, 6.07) is 1.93. The van der Waals surface area contributed by atoms with E-state index >= 15 is 0 Å². The highest BCUT2D eigenvalue weighted by Gasteiger charge is 2.37. The monoisotopic (exact) mass is 193 g/mol. The summed E-state index contributed by atoms with van der Waals surface area (Å²) in [7, 11) is 0. The van der Waals surface area contributed by atoms with Crippen molar-refractivity contribution in [2.24, 2.45) is 5.92 Å². The molecule has 1 saturated carbocycles. The number of halogens is 1. The molecule has 0 N–H and O–H groups in total. The largest absolute Gasteiger partial charge is 0.261 e. The van der Waals surface area contributed by atoms with E-state index in [1.165, 1.54) is 36.9 Å². The smallest absolute Gasteiger partial charge is 0.0474 e. The third-order valence-corrected chi connectivity index (χ3v) is 3.83. The third kappa shape index (κ3) is 1.03. The van der Waals surface area contributed by atoms with Gasteiger partial charge in [0.2, 0.25) is 0 Å². The van der Waals surface area contributed by atoms with E-state index in [1.807, 2.05) is 12.3 Å². The molecule has 0 radical (unpaired) electrons. The van der Waals surface area contributed by atoms with Crippen LogP contribution in [0.15, 0.2) is 12.3 Å². The Morgan fingerprint density at radius 1 is 1.38 bits per heavy atom. The van der Waals surface area contributed by atoms with Crippen LogP contribution in [0.5, 0.6) is 0 Å². The summed E-state index contributed by atoms with van der Waals surface area (Å²) in [5, 5.41) is 0.944. The third-order valence-electron chi connectivity index (χ3n) is 3.50. The van der Waals surface area contributed by atoms with Gasteiger partial charge in [0.15, 0.2) is 0 Å². The molecule has 0 aromatic carbocycles. The fourth-order valence-electron chi connectivity index (χ4n) is 2.95. The molecular formula is C11H12ClN. The number of rotatable bonds is 0. The van der Waals surface area contributed by atoms with Gasteiger partial charge in [-0.1, -0.05) is 18.0 Å². The van der Waals surface area contributed by atoms with Crippen LogP contribution in [0, 0.1) is 5.92 Å². The van der Waals surface area contributed by atoms with E-state index in [1.54, 1.807) is 0 Å². The number of nitrogens with zero attached hydrogens (tertiary/aromatic N) is 1. The van der Waals surface area contributed by atoms with Gasteiger partial charge >= 0.3 is 0 Å². The normalized spacial score (nSPS) is 30.2. The topological polar surface area (TPSA) is 12.9 Å². The van der Waals surface area contributed by atoms with Crippen molar-refractivity contribution < 1.29 is 0 Å². The van der Waals surface area contributed by atoms with Crippen LogP contribution in [0.1, 0.15) is 36.4 Å². The van der Waals surface area contributed by atoms with E-state index in [0.29, 0.717) is 0 Å². The average Bonchev–Trinajstić information content (AvgIpc) is 2.62. The molecule has 0 amide bonds. The molecule has 0 saturated heterocycles. The Morgan fingerprint density at radius 2 is 2.31 bits per heavy atom. The van der Waals surface area contributed by atoms with Gasteiger partial charge in [-0.05, 0) is 42.7 Å². The summed E-state index contributed by atoms with van der Waals surface area (Å²) in [6.07, 6.45) is 7.07. The summed E-state index contributed by atoms with van der Waals surface area (Å²) in [6.45, 7) is 0. The predicted octanol–water partition coefficient (Wildman–Crippen LogP) is 3.17. The van der Waals surface area contributed by atoms with Crippen LogP contribution < -0.4 is 0 Å². The van der Waals surface area contributed by atoms with Gasteiger partial charge in [-0.25, -0.2) is 0 Å². The van der Waals surface area contributed by atoms with Crippen molar-refractivity contribution in [3.63, 3.8) is 0 Å². The molecule has 0 bridgehead atoms. The number of fused-ring (bicyclic) bond motifs is 3. The summed E-state index contributed by atoms with van der Waals surface area (Å²) in [5.41, 5.74) is 2.63. The Balaban J connectivity index is 2.14. The van der Waals surface area contributed by atoms with Crippen LogP contribution in [0.3, 0.4) is 0 Å². The van der Waals surface area contributed by atoms with Crippen LogP contribution in [0.25, 0.3) is 0 Å². The fourth-order valence-corrected chi connectivity index (χ4v) is 3.26. The van der Waals surface area contributed by atoms with Gasteiger partial charge in [-0.2, -0.15) is 0 Å². The van der Waals surface area contributed by atoms with E-state index in [2.05, 4.69) is 4.98 Å². The first-order chi connectivity index (χ1) is 6.36. The molecule has 13 heavy (non-hydrogen) atoms. The van der Waals surface area contributed by atoms with Crippen molar-refractivity contribution in [3.05, 3.63) is 28.5 Å². The van der Waals surface area contributed by atoms with Crippen molar-refractivity contribution in [3.8, 4) is 0 Å². The van der Waals surface area contributed by atoms with Gasteiger partial charge in [-0.3, -0.25) is 4.98 Å². The van der Waals surface area contributed by atoms with E-state index in [0.717, 1.165) is 16.9 Å². The van der Waals surface area contributed by atoms with Crippen molar-refractivity contribution >= 4 is 11.6 Å². The summed E-state index contributed by atoms with van der Waals surface area (Å²) >= 11 is 6.20. The van der Waals surface area contributed by atoms with Gasteiger partial charge < -0.3 is 0 Å². The number of hydrogen-bond acceptors (Lipinski definition) is 1. The van der Waals surface area contributed by atoms with Crippen LogP contribution in [-0.4, -0.2) is 4.98 Å². The molecule has 1 aromatic rings. The summed E-state index contributed by atoms with van der Waals surface area (Å²) in [4.78, 5) is 4.42. The lowest BCUT2D eigenvalue weighted by atomic mass is 9.97. The molecule has 0 unspecified atom stereocenters. The van der Waals surface area contributed by atoms with Crippen molar-refractivity contribution in [2.45, 2.75) is 31.6 Å². The first kappa shape index (κ1) is 7.81. The van der Waals surface area contributed by atoms with Crippen LogP contribution in [-0.2, 0) is 6.42 Å². The van der Waals surface area contributed by atoms with E-state index in [9.17, 15) is 0 Å². The predicted molar refractivity (Wildman–Crippen MR) is 53.0 cm³/mol. The highest BCUT2D eigenvalue weighted by molar-refractivity contribution is 6.31. The van der Waals surface area contributed by atoms with E-state index < -0.39 is 0 Å². The zero-order valence-corrected chi connectivity index (χ0v) is 8.22. The molecule has 1 fully saturated rings. The second-order valence-corrected chi connectivity index (χ2v) is 4.56. The highest BCUT2D eigenvalue weighted by Crippen LogP contribution is 2.49. The number of aromatic nitrogens is 1. The Labute approximate surface area is 83.1 Å². The number of pyridine rings is 1. The molecular weight excluding hydrogens is 182 g/mol. The second kappa shape index (κ2) is 2.71. The van der Waals surface area contributed by atoms with Crippen molar-refractivity contribution in [1.82, 2.24) is 4.98 Å². The standard InChI is InChI=1S/C11H12ClN/c12-9-4-5-13-10-6-7-2-1-3-8(7)11(9)10/h4-5,7-8H,1-3,6H2/t7-,8-/m1/s1. The zero-order valence-electron chi connectivity index (χ0n) is 7.46. The second-order valence-electron chi connectivity index (χ2n) is 4.15. The van der Waals surface area contributed by atoms with Gasteiger partial charge in [0, 0.05) is 16.9 Å². The molecule has 1 nitrogen and oxygen atoms in total. The van der Waals surface area contributed by atoms with Crippen LogP contribution in [0.2, 0.25) is 5.02 Å². The molecule has 1 aromatic heterocycles. The lowest BCUT2D eigenvalue weighted by Crippen LogP contribution is -1.97. The maximum absolute atomic E-state index is 6.20. The molecule has 2 aliphatic rings. The highest BCUT2D eigenvalue weighted by atomic mass is 35.5. The van der Waals surface area contributed by atoms with Gasteiger partial charge in [0.25, 0.3) is 0 Å². The summed E-state index contributed by atoms with van der Waals surface area (Å²) in [5.74, 6) is 1.58. The summed E-state index contributed by atoms with van der Waals surface area (Å²) < 4.78 is 0. The Hall–Kier alpha value is -0.560. The molecule has 2 atom stereocenters. The maximum Gasteiger partial charge on any atom is 0.0474 e. The van der Waals surface area contributed by atoms with E-state index in [-0.39, 0.29) is 0 Å². The SMILES string of the molecule is Clc1ccnc2c1[C@@H]1CCC[C@@H]1C2. The van der Waals surface area contributed by atoms with Crippen molar-refractivity contribution in [2.75, 3.05) is 0 Å². The van der Waals surface area contributed by atoms with Crippen LogP contribution >= 0.6 is 11.6 Å². The molecule has 68 valence electrons. The lowest BCUT2D eigenvalue weighted by Gasteiger charge is -2.09. The van der Waals surface area contributed by atoms with Gasteiger partial charge in [-0.15, -0.1) is 0 Å². The fraction of sp³-hybridized carbons (Fsp3) is 0.545. The lowest BCUT2D eigenvalue weighted by molar-refractivity contribution is 0.525. The molecule has 2 aliphatic carbocycles. The molecule has 0 aliphatic heterocycles. The first-order valence-corrected chi connectivity index (χ1v) is 5.37. The average molecular weight is 194 g/mol. The minimum atomic E-state index is 0.733. The Kier molecular flexibility index (Phi) is 1.63.